The third kappa shape index (κ3) is 2.50. The number of hydrogen-bond acceptors (Lipinski definition) is 4. The first-order valence-corrected chi connectivity index (χ1v) is 5.63. The van der Waals surface area contributed by atoms with Gasteiger partial charge < -0.3 is 20.9 Å². The topological polar surface area (TPSA) is 102 Å². The lowest BCUT2D eigenvalue weighted by Crippen LogP contribution is -2.55. The average Bonchev–Trinajstić information content (AvgIpc) is 2.82. The molecule has 0 aromatic heterocycles. The van der Waals surface area contributed by atoms with E-state index in [-0.39, 0.29) is 30.9 Å². The SMILES string of the molecule is Nc1ccc(C(=O)NC2(C(=O)O)CCOC2)cc1F. The number of nitrogens with two attached hydrogens (primary N) is 1. The van der Waals surface area contributed by atoms with Gasteiger partial charge in [0.15, 0.2) is 5.54 Å². The van der Waals surface area contributed by atoms with Crippen molar-refractivity contribution in [2.45, 2.75) is 12.0 Å². The Labute approximate surface area is 108 Å². The molecular weight excluding hydrogens is 255 g/mol. The molecule has 1 aliphatic heterocycles. The Balaban J connectivity index is 2.20. The summed E-state index contributed by atoms with van der Waals surface area (Å²) >= 11 is 0. The van der Waals surface area contributed by atoms with E-state index in [1.807, 2.05) is 0 Å². The maximum atomic E-state index is 13.3. The quantitative estimate of drug-likeness (QED) is 0.688. The van der Waals surface area contributed by atoms with Gasteiger partial charge in [0.05, 0.1) is 12.3 Å². The molecule has 1 unspecified atom stereocenters. The first-order valence-electron chi connectivity index (χ1n) is 5.63. The zero-order valence-corrected chi connectivity index (χ0v) is 9.98. The minimum absolute atomic E-state index is 0.0132. The molecule has 6 nitrogen and oxygen atoms in total. The number of rotatable bonds is 3. The maximum Gasteiger partial charge on any atom is 0.331 e. The summed E-state index contributed by atoms with van der Waals surface area (Å²) in [4.78, 5) is 23.2. The van der Waals surface area contributed by atoms with Gasteiger partial charge in [0, 0.05) is 18.6 Å². The highest BCUT2D eigenvalue weighted by Gasteiger charge is 2.44. The molecule has 1 aliphatic rings. The van der Waals surface area contributed by atoms with Crippen molar-refractivity contribution in [1.29, 1.82) is 0 Å². The van der Waals surface area contributed by atoms with Crippen LogP contribution in [-0.2, 0) is 9.53 Å². The standard InChI is InChI=1S/C12H13FN2O4/c13-8-5-7(1-2-9(8)14)10(16)15-12(11(17)18)3-4-19-6-12/h1-2,5H,3-4,6,14H2,(H,15,16)(H,17,18). The van der Waals surface area contributed by atoms with E-state index in [4.69, 9.17) is 15.6 Å². The van der Waals surface area contributed by atoms with Gasteiger partial charge in [-0.05, 0) is 18.2 Å². The van der Waals surface area contributed by atoms with Gasteiger partial charge in [0.2, 0.25) is 0 Å². The predicted molar refractivity (Wildman–Crippen MR) is 64.1 cm³/mol. The first kappa shape index (κ1) is 13.3. The van der Waals surface area contributed by atoms with E-state index >= 15 is 0 Å². The van der Waals surface area contributed by atoms with Crippen LogP contribution in [0.25, 0.3) is 0 Å². The van der Waals surface area contributed by atoms with E-state index < -0.39 is 23.2 Å². The highest BCUT2D eigenvalue weighted by molar-refractivity contribution is 5.98. The van der Waals surface area contributed by atoms with E-state index in [9.17, 15) is 14.0 Å². The first-order chi connectivity index (χ1) is 8.94. The van der Waals surface area contributed by atoms with Gasteiger partial charge in [0.25, 0.3) is 5.91 Å². The minimum Gasteiger partial charge on any atom is -0.479 e. The van der Waals surface area contributed by atoms with Crippen molar-refractivity contribution < 1.29 is 23.8 Å². The van der Waals surface area contributed by atoms with Crippen LogP contribution in [-0.4, -0.2) is 35.7 Å². The third-order valence-electron chi connectivity index (χ3n) is 3.05. The van der Waals surface area contributed by atoms with Gasteiger partial charge in [-0.3, -0.25) is 4.79 Å². The minimum atomic E-state index is -1.45. The second kappa shape index (κ2) is 4.85. The summed E-state index contributed by atoms with van der Waals surface area (Å²) in [6.45, 7) is 0.147. The number of benzene rings is 1. The monoisotopic (exact) mass is 268 g/mol. The summed E-state index contributed by atoms with van der Waals surface area (Å²) in [6, 6.07) is 3.55. The molecule has 1 heterocycles. The number of anilines is 1. The van der Waals surface area contributed by atoms with Gasteiger partial charge in [-0.25, -0.2) is 9.18 Å². The fraction of sp³-hybridized carbons (Fsp3) is 0.333. The Morgan fingerprint density at radius 1 is 1.47 bits per heavy atom. The van der Waals surface area contributed by atoms with Gasteiger partial charge in [-0.2, -0.15) is 0 Å². The molecule has 0 bridgehead atoms. The molecule has 0 spiro atoms. The molecule has 1 aromatic rings. The largest absolute Gasteiger partial charge is 0.479 e. The third-order valence-corrected chi connectivity index (χ3v) is 3.05. The van der Waals surface area contributed by atoms with Crippen LogP contribution in [0.5, 0.6) is 0 Å². The van der Waals surface area contributed by atoms with Crippen LogP contribution in [0.3, 0.4) is 0 Å². The Kier molecular flexibility index (Phi) is 3.39. The molecule has 0 aliphatic carbocycles. The van der Waals surface area contributed by atoms with Gasteiger partial charge in [-0.1, -0.05) is 0 Å². The van der Waals surface area contributed by atoms with Crippen molar-refractivity contribution in [3.8, 4) is 0 Å². The van der Waals surface area contributed by atoms with Gasteiger partial charge in [0.1, 0.15) is 5.82 Å². The molecule has 1 aromatic carbocycles. The van der Waals surface area contributed by atoms with Gasteiger partial charge in [-0.15, -0.1) is 0 Å². The highest BCUT2D eigenvalue weighted by atomic mass is 19.1. The molecule has 7 heteroatoms. The molecule has 19 heavy (non-hydrogen) atoms. The van der Waals surface area contributed by atoms with Crippen molar-refractivity contribution in [3.05, 3.63) is 29.6 Å². The summed E-state index contributed by atoms with van der Waals surface area (Å²) in [5.74, 6) is -2.57. The number of ether oxygens (including phenoxy) is 1. The lowest BCUT2D eigenvalue weighted by molar-refractivity contribution is -0.144. The second-order valence-corrected chi connectivity index (χ2v) is 4.38. The van der Waals surface area contributed by atoms with E-state index in [0.717, 1.165) is 6.07 Å². The highest BCUT2D eigenvalue weighted by Crippen LogP contribution is 2.20. The van der Waals surface area contributed by atoms with E-state index in [1.165, 1.54) is 12.1 Å². The zero-order chi connectivity index (χ0) is 14.0. The van der Waals surface area contributed by atoms with Crippen molar-refractivity contribution in [3.63, 3.8) is 0 Å². The van der Waals surface area contributed by atoms with Crippen molar-refractivity contribution >= 4 is 17.6 Å². The molecule has 102 valence electrons. The molecular formula is C12H13FN2O4. The summed E-state index contributed by atoms with van der Waals surface area (Å²) in [5.41, 5.74) is 3.79. The van der Waals surface area contributed by atoms with Crippen LogP contribution < -0.4 is 11.1 Å². The average molecular weight is 268 g/mol. The summed E-state index contributed by atoms with van der Waals surface area (Å²) in [7, 11) is 0. The lowest BCUT2D eigenvalue weighted by Gasteiger charge is -2.23. The Morgan fingerprint density at radius 2 is 2.21 bits per heavy atom. The number of nitrogens with one attached hydrogen (secondary N) is 1. The Bertz CT molecular complexity index is 526. The van der Waals surface area contributed by atoms with Crippen LogP contribution in [0.2, 0.25) is 0 Å². The summed E-state index contributed by atoms with van der Waals surface area (Å²) in [6.07, 6.45) is 0.172. The van der Waals surface area contributed by atoms with Crippen LogP contribution >= 0.6 is 0 Å². The fourth-order valence-corrected chi connectivity index (χ4v) is 1.84. The van der Waals surface area contributed by atoms with Gasteiger partial charge >= 0.3 is 5.97 Å². The van der Waals surface area contributed by atoms with Crippen LogP contribution in [0.4, 0.5) is 10.1 Å². The number of carboxylic acid groups (broad SMARTS) is 1. The lowest BCUT2D eigenvalue weighted by atomic mass is 9.98. The molecule has 0 radical (unpaired) electrons. The van der Waals surface area contributed by atoms with Crippen LogP contribution in [0, 0.1) is 5.82 Å². The second-order valence-electron chi connectivity index (χ2n) is 4.38. The van der Waals surface area contributed by atoms with E-state index in [0.29, 0.717) is 0 Å². The number of halogens is 1. The van der Waals surface area contributed by atoms with Crippen molar-refractivity contribution in [2.75, 3.05) is 18.9 Å². The number of hydrogen-bond donors (Lipinski definition) is 3. The summed E-state index contributed by atoms with van der Waals surface area (Å²) < 4.78 is 18.3. The molecule has 0 saturated carbocycles. The zero-order valence-electron chi connectivity index (χ0n) is 9.98. The summed E-state index contributed by atoms with van der Waals surface area (Å²) in [5, 5.41) is 11.6. The Morgan fingerprint density at radius 3 is 2.74 bits per heavy atom. The number of carboxylic acids is 1. The van der Waals surface area contributed by atoms with E-state index in [1.54, 1.807) is 0 Å². The Hall–Kier alpha value is -2.15. The predicted octanol–water partition coefficient (Wildman–Crippen LogP) is 0.381. The van der Waals surface area contributed by atoms with E-state index in [2.05, 4.69) is 5.32 Å². The fourth-order valence-electron chi connectivity index (χ4n) is 1.84. The maximum absolute atomic E-state index is 13.3. The molecule has 2 rings (SSSR count). The number of amides is 1. The molecule has 1 saturated heterocycles. The number of carbonyl (C=O) groups is 2. The molecule has 1 atom stereocenters. The number of aliphatic carboxylic acids is 1. The van der Waals surface area contributed by atoms with Crippen molar-refractivity contribution in [2.24, 2.45) is 0 Å². The number of carbonyl (C=O) groups excluding carboxylic acids is 1. The normalized spacial score (nSPS) is 22.2. The van der Waals surface area contributed by atoms with Crippen molar-refractivity contribution in [1.82, 2.24) is 5.32 Å². The molecule has 4 N–H and O–H groups in total. The molecule has 1 amide bonds. The smallest absolute Gasteiger partial charge is 0.331 e. The number of nitrogen functional groups attached to an aromatic ring is 1. The van der Waals surface area contributed by atoms with Crippen LogP contribution in [0.1, 0.15) is 16.8 Å². The molecule has 1 fully saturated rings. The van der Waals surface area contributed by atoms with Crippen LogP contribution in [0.15, 0.2) is 18.2 Å².